The molecule has 0 saturated heterocycles. The Morgan fingerprint density at radius 1 is 1.22 bits per heavy atom. The number of pyridine rings is 1. The second kappa shape index (κ2) is 4.78. The highest BCUT2D eigenvalue weighted by molar-refractivity contribution is 5.35. The van der Waals surface area contributed by atoms with Crippen molar-refractivity contribution in [2.75, 3.05) is 0 Å². The third-order valence-electron chi connectivity index (χ3n) is 3.40. The van der Waals surface area contributed by atoms with E-state index < -0.39 is 0 Å². The zero-order valence-corrected chi connectivity index (χ0v) is 10.2. The first-order valence-electron chi connectivity index (χ1n) is 6.27. The van der Waals surface area contributed by atoms with Crippen LogP contribution in [0.5, 0.6) is 5.88 Å². The van der Waals surface area contributed by atoms with Crippen molar-refractivity contribution in [3.63, 3.8) is 0 Å². The Bertz CT molecular complexity index is 554. The Hall–Kier alpha value is -1.87. The lowest BCUT2D eigenvalue weighted by Crippen LogP contribution is -2.08. The van der Waals surface area contributed by atoms with E-state index in [1.54, 1.807) is 6.20 Å². The summed E-state index contributed by atoms with van der Waals surface area (Å²) in [5, 5.41) is 0. The van der Waals surface area contributed by atoms with E-state index in [0.717, 1.165) is 18.4 Å². The summed E-state index contributed by atoms with van der Waals surface area (Å²) >= 11 is 0. The van der Waals surface area contributed by atoms with Crippen LogP contribution in [0.4, 0.5) is 0 Å². The van der Waals surface area contributed by atoms with Gasteiger partial charge in [-0.15, -0.1) is 0 Å². The highest BCUT2D eigenvalue weighted by Crippen LogP contribution is 2.34. The SMILES string of the molecule is NCc1cccnc1OC1CCc2ccccc21. The fourth-order valence-corrected chi connectivity index (χ4v) is 2.46. The first-order valence-corrected chi connectivity index (χ1v) is 6.27. The minimum atomic E-state index is 0.112. The molecule has 2 N–H and O–H groups in total. The Labute approximate surface area is 107 Å². The second-order valence-corrected chi connectivity index (χ2v) is 4.52. The number of nitrogens with zero attached hydrogens (tertiary/aromatic N) is 1. The first-order chi connectivity index (χ1) is 8.88. The molecule has 0 amide bonds. The van der Waals surface area contributed by atoms with Gasteiger partial charge in [0, 0.05) is 18.3 Å². The third kappa shape index (κ3) is 1.97. The summed E-state index contributed by atoms with van der Waals surface area (Å²) in [7, 11) is 0. The first kappa shape index (κ1) is 11.2. The standard InChI is InChI=1S/C15H16N2O/c16-10-12-5-3-9-17-15(12)18-14-8-7-11-4-1-2-6-13(11)14/h1-6,9,14H,7-8,10,16H2. The van der Waals surface area contributed by atoms with Gasteiger partial charge in [0.05, 0.1) is 0 Å². The van der Waals surface area contributed by atoms with Gasteiger partial charge in [-0.25, -0.2) is 4.98 Å². The van der Waals surface area contributed by atoms with Crippen LogP contribution in [-0.4, -0.2) is 4.98 Å². The summed E-state index contributed by atoms with van der Waals surface area (Å²) in [5.41, 5.74) is 9.33. The lowest BCUT2D eigenvalue weighted by atomic mass is 10.1. The van der Waals surface area contributed by atoms with E-state index in [0.29, 0.717) is 12.4 Å². The van der Waals surface area contributed by atoms with Gasteiger partial charge in [0.1, 0.15) is 6.10 Å². The van der Waals surface area contributed by atoms with Crippen LogP contribution in [0.2, 0.25) is 0 Å². The van der Waals surface area contributed by atoms with E-state index in [1.165, 1.54) is 11.1 Å². The van der Waals surface area contributed by atoms with Gasteiger partial charge < -0.3 is 10.5 Å². The number of benzene rings is 1. The topological polar surface area (TPSA) is 48.1 Å². The van der Waals surface area contributed by atoms with Crippen molar-refractivity contribution >= 4 is 0 Å². The molecule has 18 heavy (non-hydrogen) atoms. The molecule has 0 spiro atoms. The zero-order chi connectivity index (χ0) is 12.4. The molecule has 3 rings (SSSR count). The van der Waals surface area contributed by atoms with Crippen LogP contribution in [0.25, 0.3) is 0 Å². The molecular formula is C15H16N2O. The van der Waals surface area contributed by atoms with E-state index in [-0.39, 0.29) is 6.10 Å². The maximum absolute atomic E-state index is 6.03. The number of hydrogen-bond acceptors (Lipinski definition) is 3. The third-order valence-corrected chi connectivity index (χ3v) is 3.40. The number of fused-ring (bicyclic) bond motifs is 1. The molecule has 1 unspecified atom stereocenters. The van der Waals surface area contributed by atoms with Crippen LogP contribution < -0.4 is 10.5 Å². The molecule has 1 aromatic heterocycles. The minimum Gasteiger partial charge on any atom is -0.469 e. The molecule has 2 aromatic rings. The lowest BCUT2D eigenvalue weighted by molar-refractivity contribution is 0.196. The molecule has 1 aromatic carbocycles. The number of rotatable bonds is 3. The zero-order valence-electron chi connectivity index (χ0n) is 10.2. The van der Waals surface area contributed by atoms with Crippen molar-refractivity contribution < 1.29 is 4.74 Å². The Kier molecular flexibility index (Phi) is 2.99. The van der Waals surface area contributed by atoms with E-state index in [9.17, 15) is 0 Å². The van der Waals surface area contributed by atoms with Crippen molar-refractivity contribution in [2.24, 2.45) is 5.73 Å². The Morgan fingerprint density at radius 2 is 2.11 bits per heavy atom. The van der Waals surface area contributed by atoms with Gasteiger partial charge in [-0.3, -0.25) is 0 Å². The summed E-state index contributed by atoms with van der Waals surface area (Å²) < 4.78 is 6.03. The van der Waals surface area contributed by atoms with Gasteiger partial charge in [-0.05, 0) is 30.0 Å². The van der Waals surface area contributed by atoms with Crippen molar-refractivity contribution in [3.8, 4) is 5.88 Å². The second-order valence-electron chi connectivity index (χ2n) is 4.52. The van der Waals surface area contributed by atoms with Gasteiger partial charge in [0.25, 0.3) is 0 Å². The predicted molar refractivity (Wildman–Crippen MR) is 70.3 cm³/mol. The van der Waals surface area contributed by atoms with Crippen LogP contribution in [0.3, 0.4) is 0 Å². The molecule has 1 aliphatic carbocycles. The minimum absolute atomic E-state index is 0.112. The Balaban J connectivity index is 1.86. The summed E-state index contributed by atoms with van der Waals surface area (Å²) in [6.45, 7) is 0.456. The van der Waals surface area contributed by atoms with Crippen LogP contribution in [0, 0.1) is 0 Å². The van der Waals surface area contributed by atoms with Crippen molar-refractivity contribution in [1.82, 2.24) is 4.98 Å². The molecule has 1 heterocycles. The smallest absolute Gasteiger partial charge is 0.218 e. The van der Waals surface area contributed by atoms with Gasteiger partial charge >= 0.3 is 0 Å². The summed E-state index contributed by atoms with van der Waals surface area (Å²) in [6.07, 6.45) is 3.95. The van der Waals surface area contributed by atoms with Crippen LogP contribution in [-0.2, 0) is 13.0 Å². The quantitative estimate of drug-likeness (QED) is 0.897. The molecule has 1 atom stereocenters. The van der Waals surface area contributed by atoms with Crippen molar-refractivity contribution in [1.29, 1.82) is 0 Å². The number of hydrogen-bond donors (Lipinski definition) is 1. The van der Waals surface area contributed by atoms with Gasteiger partial charge in [-0.2, -0.15) is 0 Å². The molecule has 3 nitrogen and oxygen atoms in total. The monoisotopic (exact) mass is 240 g/mol. The van der Waals surface area contributed by atoms with Gasteiger partial charge in [-0.1, -0.05) is 30.3 Å². The summed E-state index contributed by atoms with van der Waals surface area (Å²) in [5.74, 6) is 0.668. The fourth-order valence-electron chi connectivity index (χ4n) is 2.46. The maximum atomic E-state index is 6.03. The highest BCUT2D eigenvalue weighted by Gasteiger charge is 2.24. The fraction of sp³-hybridized carbons (Fsp3) is 0.267. The molecule has 0 fully saturated rings. The molecule has 0 radical (unpaired) electrons. The van der Waals surface area contributed by atoms with Crippen LogP contribution in [0.15, 0.2) is 42.6 Å². The molecule has 92 valence electrons. The van der Waals surface area contributed by atoms with E-state index in [1.807, 2.05) is 12.1 Å². The number of ether oxygens (including phenoxy) is 1. The van der Waals surface area contributed by atoms with Crippen molar-refractivity contribution in [2.45, 2.75) is 25.5 Å². The van der Waals surface area contributed by atoms with Gasteiger partial charge in [0.15, 0.2) is 0 Å². The number of aryl methyl sites for hydroxylation is 1. The normalized spacial score (nSPS) is 17.5. The van der Waals surface area contributed by atoms with E-state index in [2.05, 4.69) is 29.2 Å². The highest BCUT2D eigenvalue weighted by atomic mass is 16.5. The van der Waals surface area contributed by atoms with Gasteiger partial charge in [0.2, 0.25) is 5.88 Å². The predicted octanol–water partition coefficient (Wildman–Crippen LogP) is 2.61. The maximum Gasteiger partial charge on any atom is 0.218 e. The van der Waals surface area contributed by atoms with E-state index >= 15 is 0 Å². The average Bonchev–Trinajstić information content (AvgIpc) is 2.83. The number of aromatic nitrogens is 1. The molecule has 0 bridgehead atoms. The molecule has 3 heteroatoms. The summed E-state index contributed by atoms with van der Waals surface area (Å²) in [6, 6.07) is 12.3. The van der Waals surface area contributed by atoms with Crippen LogP contribution >= 0.6 is 0 Å². The largest absolute Gasteiger partial charge is 0.469 e. The number of nitrogens with two attached hydrogens (primary N) is 1. The van der Waals surface area contributed by atoms with E-state index in [4.69, 9.17) is 10.5 Å². The molecule has 1 aliphatic rings. The molecular weight excluding hydrogens is 224 g/mol. The molecule has 0 aliphatic heterocycles. The Morgan fingerprint density at radius 3 is 3.00 bits per heavy atom. The molecule has 0 saturated carbocycles. The van der Waals surface area contributed by atoms with Crippen LogP contribution in [0.1, 0.15) is 29.2 Å². The summed E-state index contributed by atoms with van der Waals surface area (Å²) in [4.78, 5) is 4.28. The average molecular weight is 240 g/mol. The van der Waals surface area contributed by atoms with Crippen molar-refractivity contribution in [3.05, 3.63) is 59.3 Å². The lowest BCUT2D eigenvalue weighted by Gasteiger charge is -2.16.